The van der Waals surface area contributed by atoms with Crippen LogP contribution in [0.1, 0.15) is 6.92 Å². The van der Waals surface area contributed by atoms with Gasteiger partial charge in [-0.1, -0.05) is 30.3 Å². The molecule has 2 rings (SSSR count). The number of halogens is 1. The molecular formula is C11H13ClN2S. The van der Waals surface area contributed by atoms with Crippen molar-refractivity contribution < 1.29 is 0 Å². The van der Waals surface area contributed by atoms with Gasteiger partial charge in [0.1, 0.15) is 0 Å². The van der Waals surface area contributed by atoms with Crippen molar-refractivity contribution in [3.63, 3.8) is 0 Å². The summed E-state index contributed by atoms with van der Waals surface area (Å²) in [4.78, 5) is 6.59. The zero-order valence-electron chi connectivity index (χ0n) is 8.77. The van der Waals surface area contributed by atoms with Crippen LogP contribution in [-0.2, 0) is 0 Å². The molecule has 0 saturated carbocycles. The van der Waals surface area contributed by atoms with Gasteiger partial charge in [-0.15, -0.1) is 0 Å². The van der Waals surface area contributed by atoms with Crippen molar-refractivity contribution >= 4 is 34.2 Å². The van der Waals surface area contributed by atoms with Crippen LogP contribution in [0, 0.1) is 0 Å². The van der Waals surface area contributed by atoms with Crippen molar-refractivity contribution in [1.29, 1.82) is 0 Å². The van der Waals surface area contributed by atoms with E-state index in [1.165, 1.54) is 0 Å². The number of thioether (sulfide) groups is 1. The molecule has 0 aliphatic carbocycles. The van der Waals surface area contributed by atoms with Gasteiger partial charge < -0.3 is 4.90 Å². The van der Waals surface area contributed by atoms with Gasteiger partial charge in [0.05, 0.1) is 6.54 Å². The third kappa shape index (κ3) is 2.47. The summed E-state index contributed by atoms with van der Waals surface area (Å²) in [5, 5.41) is 2.45. The van der Waals surface area contributed by atoms with E-state index in [0.717, 1.165) is 22.4 Å². The number of hydrogen-bond donors (Lipinski definition) is 0. The molecule has 0 fully saturated rings. The SMILES string of the molecule is CC1CN=C(N(C)c2ccc(Cl)cc2)S1. The molecule has 2 nitrogen and oxygen atoms in total. The fourth-order valence-electron chi connectivity index (χ4n) is 1.42. The van der Waals surface area contributed by atoms with Crippen LogP contribution in [0.4, 0.5) is 5.69 Å². The van der Waals surface area contributed by atoms with Crippen molar-refractivity contribution in [2.45, 2.75) is 12.2 Å². The molecule has 0 spiro atoms. The summed E-state index contributed by atoms with van der Waals surface area (Å²) in [6.07, 6.45) is 0. The molecular weight excluding hydrogens is 228 g/mol. The summed E-state index contributed by atoms with van der Waals surface area (Å²) >= 11 is 7.66. The van der Waals surface area contributed by atoms with E-state index in [1.54, 1.807) is 0 Å². The van der Waals surface area contributed by atoms with Gasteiger partial charge in [-0.2, -0.15) is 0 Å². The number of amidine groups is 1. The molecule has 1 aliphatic heterocycles. The minimum absolute atomic E-state index is 0.592. The number of rotatable bonds is 1. The first-order valence-corrected chi connectivity index (χ1v) is 6.13. The first kappa shape index (κ1) is 10.8. The quantitative estimate of drug-likeness (QED) is 0.749. The second-order valence-corrected chi connectivity index (χ2v) is 5.43. The van der Waals surface area contributed by atoms with Gasteiger partial charge in [0.15, 0.2) is 5.17 Å². The lowest BCUT2D eigenvalue weighted by molar-refractivity contribution is 0.973. The van der Waals surface area contributed by atoms with Crippen LogP contribution in [0.3, 0.4) is 0 Å². The Morgan fingerprint density at radius 3 is 2.60 bits per heavy atom. The summed E-state index contributed by atoms with van der Waals surface area (Å²) in [7, 11) is 2.03. The highest BCUT2D eigenvalue weighted by molar-refractivity contribution is 8.15. The predicted molar refractivity (Wildman–Crippen MR) is 69.2 cm³/mol. The van der Waals surface area contributed by atoms with E-state index in [9.17, 15) is 0 Å². The zero-order chi connectivity index (χ0) is 10.8. The van der Waals surface area contributed by atoms with Gasteiger partial charge in [0.25, 0.3) is 0 Å². The standard InChI is InChI=1S/C11H13ClN2S/c1-8-7-13-11(15-8)14(2)10-5-3-9(12)4-6-10/h3-6,8H,7H2,1-2H3. The molecule has 1 aliphatic rings. The Hall–Kier alpha value is -0.670. The zero-order valence-corrected chi connectivity index (χ0v) is 10.3. The van der Waals surface area contributed by atoms with Crippen molar-refractivity contribution in [1.82, 2.24) is 0 Å². The normalized spacial score (nSPS) is 20.2. The maximum Gasteiger partial charge on any atom is 0.163 e. The van der Waals surface area contributed by atoms with E-state index < -0.39 is 0 Å². The van der Waals surface area contributed by atoms with Crippen LogP contribution >= 0.6 is 23.4 Å². The predicted octanol–water partition coefficient (Wildman–Crippen LogP) is 3.27. The molecule has 1 atom stereocenters. The molecule has 0 bridgehead atoms. The van der Waals surface area contributed by atoms with Gasteiger partial charge >= 0.3 is 0 Å². The Labute approximate surface area is 99.3 Å². The van der Waals surface area contributed by atoms with E-state index in [1.807, 2.05) is 43.1 Å². The maximum atomic E-state index is 5.85. The molecule has 0 radical (unpaired) electrons. The van der Waals surface area contributed by atoms with Crippen LogP contribution < -0.4 is 4.90 Å². The number of anilines is 1. The lowest BCUT2D eigenvalue weighted by atomic mass is 10.3. The minimum Gasteiger partial charge on any atom is -0.324 e. The smallest absolute Gasteiger partial charge is 0.163 e. The summed E-state index contributed by atoms with van der Waals surface area (Å²) in [5.74, 6) is 0. The highest BCUT2D eigenvalue weighted by Crippen LogP contribution is 2.26. The first-order chi connectivity index (χ1) is 7.16. The molecule has 0 aromatic heterocycles. The minimum atomic E-state index is 0.592. The Morgan fingerprint density at radius 2 is 2.07 bits per heavy atom. The van der Waals surface area contributed by atoms with Gasteiger partial charge in [-0.05, 0) is 24.3 Å². The van der Waals surface area contributed by atoms with E-state index in [-0.39, 0.29) is 0 Å². The van der Waals surface area contributed by atoms with Crippen molar-refractivity contribution in [2.75, 3.05) is 18.5 Å². The third-order valence-electron chi connectivity index (χ3n) is 2.29. The number of hydrogen-bond acceptors (Lipinski definition) is 3. The van der Waals surface area contributed by atoms with Gasteiger partial charge in [0.2, 0.25) is 0 Å². The van der Waals surface area contributed by atoms with Crippen LogP contribution in [0.15, 0.2) is 29.3 Å². The molecule has 0 N–H and O–H groups in total. The molecule has 0 amide bonds. The van der Waals surface area contributed by atoms with Crippen LogP contribution in [0.25, 0.3) is 0 Å². The topological polar surface area (TPSA) is 15.6 Å². The second-order valence-electron chi connectivity index (χ2n) is 3.59. The highest BCUT2D eigenvalue weighted by atomic mass is 35.5. The summed E-state index contributed by atoms with van der Waals surface area (Å²) in [5.41, 5.74) is 1.12. The van der Waals surface area contributed by atoms with Gasteiger partial charge in [-0.3, -0.25) is 4.99 Å². The van der Waals surface area contributed by atoms with E-state index in [0.29, 0.717) is 5.25 Å². The van der Waals surface area contributed by atoms with Gasteiger partial charge in [0, 0.05) is 23.0 Å². The Kier molecular flexibility index (Phi) is 3.22. The number of benzene rings is 1. The van der Waals surface area contributed by atoms with Gasteiger partial charge in [-0.25, -0.2) is 0 Å². The number of aliphatic imine (C=N–C) groups is 1. The van der Waals surface area contributed by atoms with Crippen molar-refractivity contribution in [2.24, 2.45) is 4.99 Å². The van der Waals surface area contributed by atoms with E-state index in [4.69, 9.17) is 11.6 Å². The van der Waals surface area contributed by atoms with Crippen molar-refractivity contribution in [3.8, 4) is 0 Å². The molecule has 0 saturated heterocycles. The maximum absolute atomic E-state index is 5.85. The highest BCUT2D eigenvalue weighted by Gasteiger charge is 2.19. The summed E-state index contributed by atoms with van der Waals surface area (Å²) in [6, 6.07) is 7.82. The molecule has 80 valence electrons. The molecule has 1 unspecified atom stereocenters. The van der Waals surface area contributed by atoms with Crippen molar-refractivity contribution in [3.05, 3.63) is 29.3 Å². The molecule has 1 aromatic rings. The Morgan fingerprint density at radius 1 is 1.40 bits per heavy atom. The average Bonchev–Trinajstić information content (AvgIpc) is 2.65. The molecule has 1 aromatic carbocycles. The van der Waals surface area contributed by atoms with E-state index in [2.05, 4.69) is 16.8 Å². The largest absolute Gasteiger partial charge is 0.324 e. The fourth-order valence-corrected chi connectivity index (χ4v) is 2.47. The third-order valence-corrected chi connectivity index (χ3v) is 3.71. The Bertz CT molecular complexity index is 375. The molecule has 1 heterocycles. The van der Waals surface area contributed by atoms with Crippen LogP contribution in [0.2, 0.25) is 5.02 Å². The van der Waals surface area contributed by atoms with Crippen LogP contribution in [-0.4, -0.2) is 24.0 Å². The first-order valence-electron chi connectivity index (χ1n) is 4.87. The summed E-state index contributed by atoms with van der Waals surface area (Å²) < 4.78 is 0. The number of nitrogens with zero attached hydrogens (tertiary/aromatic N) is 2. The van der Waals surface area contributed by atoms with E-state index >= 15 is 0 Å². The fraction of sp³-hybridized carbons (Fsp3) is 0.364. The average molecular weight is 241 g/mol. The lowest BCUT2D eigenvalue weighted by Crippen LogP contribution is -2.22. The van der Waals surface area contributed by atoms with Crippen LogP contribution in [0.5, 0.6) is 0 Å². The lowest BCUT2D eigenvalue weighted by Gasteiger charge is -2.18. The summed E-state index contributed by atoms with van der Waals surface area (Å²) in [6.45, 7) is 3.11. The molecule has 4 heteroatoms. The Balaban J connectivity index is 2.14. The second kappa shape index (κ2) is 4.45. The monoisotopic (exact) mass is 240 g/mol. The molecule has 15 heavy (non-hydrogen) atoms.